The van der Waals surface area contributed by atoms with Crippen molar-refractivity contribution in [3.63, 3.8) is 0 Å². The van der Waals surface area contributed by atoms with Crippen LogP contribution in [-0.2, 0) is 14.4 Å². The Kier molecular flexibility index (Phi) is 7.50. The highest BCUT2D eigenvalue weighted by molar-refractivity contribution is 6.30. The average molecular weight is 341 g/mol. The van der Waals surface area contributed by atoms with Crippen molar-refractivity contribution in [2.75, 3.05) is 18.4 Å². The fourth-order valence-electron chi connectivity index (χ4n) is 1.57. The Morgan fingerprint density at radius 2 is 1.61 bits per heavy atom. The van der Waals surface area contributed by atoms with Crippen molar-refractivity contribution >= 4 is 35.0 Å². The zero-order valence-corrected chi connectivity index (χ0v) is 13.8. The maximum Gasteiger partial charge on any atom is 0.243 e. The Morgan fingerprint density at radius 3 is 2.17 bits per heavy atom. The second-order valence-electron chi connectivity index (χ2n) is 5.32. The second-order valence-corrected chi connectivity index (χ2v) is 5.76. The molecule has 8 heteroatoms. The van der Waals surface area contributed by atoms with Crippen LogP contribution in [0.15, 0.2) is 24.3 Å². The first-order valence-electron chi connectivity index (χ1n) is 7.15. The summed E-state index contributed by atoms with van der Waals surface area (Å²) in [5.41, 5.74) is 6.22. The van der Waals surface area contributed by atoms with Gasteiger partial charge >= 0.3 is 0 Å². The van der Waals surface area contributed by atoms with E-state index in [0.29, 0.717) is 10.7 Å². The number of amides is 3. The molecular formula is C15H21ClN4O3. The standard InChI is InChI=1S/C15H21ClN4O3/c1-9(2)14(17)15(23)19-7-12(21)18-8-13(22)20-11-5-3-10(16)4-6-11/h3-6,9,14H,7-8,17H2,1-2H3,(H,18,21)(H,19,23)(H,20,22)/t14-/m0/s1. The van der Waals surface area contributed by atoms with E-state index < -0.39 is 17.9 Å². The summed E-state index contributed by atoms with van der Waals surface area (Å²) in [5, 5.41) is 7.99. The third-order valence-electron chi connectivity index (χ3n) is 3.02. The summed E-state index contributed by atoms with van der Waals surface area (Å²) in [7, 11) is 0. The molecule has 3 amide bonds. The van der Waals surface area contributed by atoms with Gasteiger partial charge in [-0.25, -0.2) is 0 Å². The van der Waals surface area contributed by atoms with Crippen molar-refractivity contribution in [3.8, 4) is 0 Å². The third kappa shape index (κ3) is 7.12. The number of halogens is 1. The molecule has 0 fully saturated rings. The minimum atomic E-state index is -0.670. The number of benzene rings is 1. The van der Waals surface area contributed by atoms with E-state index in [-0.39, 0.29) is 24.9 Å². The van der Waals surface area contributed by atoms with Crippen molar-refractivity contribution in [2.24, 2.45) is 11.7 Å². The SMILES string of the molecule is CC(C)[C@H](N)C(=O)NCC(=O)NCC(=O)Nc1ccc(Cl)cc1. The van der Waals surface area contributed by atoms with Crippen molar-refractivity contribution in [3.05, 3.63) is 29.3 Å². The molecule has 0 aliphatic heterocycles. The largest absolute Gasteiger partial charge is 0.346 e. The van der Waals surface area contributed by atoms with E-state index in [9.17, 15) is 14.4 Å². The lowest BCUT2D eigenvalue weighted by Gasteiger charge is -2.15. The van der Waals surface area contributed by atoms with Gasteiger partial charge in [0.15, 0.2) is 0 Å². The van der Waals surface area contributed by atoms with E-state index >= 15 is 0 Å². The lowest BCUT2D eigenvalue weighted by Crippen LogP contribution is -2.47. The van der Waals surface area contributed by atoms with Gasteiger partial charge in [-0.05, 0) is 30.2 Å². The summed E-state index contributed by atoms with van der Waals surface area (Å²) in [6.07, 6.45) is 0. The average Bonchev–Trinajstić information content (AvgIpc) is 2.51. The molecule has 126 valence electrons. The van der Waals surface area contributed by atoms with Crippen LogP contribution >= 0.6 is 11.6 Å². The summed E-state index contributed by atoms with van der Waals surface area (Å²) in [6.45, 7) is 3.19. The minimum Gasteiger partial charge on any atom is -0.346 e. The molecule has 5 N–H and O–H groups in total. The van der Waals surface area contributed by atoms with Crippen molar-refractivity contribution in [1.82, 2.24) is 10.6 Å². The fraction of sp³-hybridized carbons (Fsp3) is 0.400. The van der Waals surface area contributed by atoms with Gasteiger partial charge in [-0.3, -0.25) is 14.4 Å². The van der Waals surface area contributed by atoms with Crippen LogP contribution in [0.5, 0.6) is 0 Å². The van der Waals surface area contributed by atoms with Crippen molar-refractivity contribution < 1.29 is 14.4 Å². The molecule has 0 aliphatic rings. The molecule has 1 aromatic carbocycles. The predicted molar refractivity (Wildman–Crippen MR) is 88.9 cm³/mol. The number of nitrogens with two attached hydrogens (primary N) is 1. The summed E-state index contributed by atoms with van der Waals surface area (Å²) < 4.78 is 0. The Hall–Kier alpha value is -2.12. The molecule has 7 nitrogen and oxygen atoms in total. The van der Waals surface area contributed by atoms with E-state index in [1.54, 1.807) is 24.3 Å². The highest BCUT2D eigenvalue weighted by atomic mass is 35.5. The Morgan fingerprint density at radius 1 is 1.04 bits per heavy atom. The van der Waals surface area contributed by atoms with E-state index in [1.807, 2.05) is 13.8 Å². The molecule has 0 saturated carbocycles. The number of nitrogens with one attached hydrogen (secondary N) is 3. The van der Waals surface area contributed by atoms with Gasteiger partial charge in [0.05, 0.1) is 19.1 Å². The van der Waals surface area contributed by atoms with Crippen LogP contribution in [0.1, 0.15) is 13.8 Å². The zero-order valence-electron chi connectivity index (χ0n) is 13.1. The van der Waals surface area contributed by atoms with Gasteiger partial charge in [-0.2, -0.15) is 0 Å². The molecular weight excluding hydrogens is 320 g/mol. The quantitative estimate of drug-likeness (QED) is 0.578. The van der Waals surface area contributed by atoms with E-state index in [1.165, 1.54) is 0 Å². The molecule has 0 bridgehead atoms. The summed E-state index contributed by atoms with van der Waals surface area (Å²) >= 11 is 5.74. The zero-order chi connectivity index (χ0) is 17.4. The summed E-state index contributed by atoms with van der Waals surface area (Å²) in [6, 6.07) is 5.91. The van der Waals surface area contributed by atoms with E-state index in [4.69, 9.17) is 17.3 Å². The van der Waals surface area contributed by atoms with Crippen LogP contribution in [0.2, 0.25) is 5.02 Å². The van der Waals surface area contributed by atoms with Crippen LogP contribution in [0, 0.1) is 5.92 Å². The maximum atomic E-state index is 11.7. The normalized spacial score (nSPS) is 11.7. The molecule has 0 saturated heterocycles. The van der Waals surface area contributed by atoms with Gasteiger partial charge in [0.25, 0.3) is 0 Å². The van der Waals surface area contributed by atoms with Gasteiger partial charge in [-0.15, -0.1) is 0 Å². The molecule has 0 aliphatic carbocycles. The number of carbonyl (C=O) groups excluding carboxylic acids is 3. The number of hydrogen-bond acceptors (Lipinski definition) is 4. The monoisotopic (exact) mass is 340 g/mol. The highest BCUT2D eigenvalue weighted by Gasteiger charge is 2.17. The van der Waals surface area contributed by atoms with Crippen LogP contribution in [0.4, 0.5) is 5.69 Å². The lowest BCUT2D eigenvalue weighted by atomic mass is 10.1. The molecule has 1 rings (SSSR count). The maximum absolute atomic E-state index is 11.7. The first-order chi connectivity index (χ1) is 10.8. The summed E-state index contributed by atoms with van der Waals surface area (Å²) in [5.74, 6) is -1.28. The van der Waals surface area contributed by atoms with E-state index in [2.05, 4.69) is 16.0 Å². The van der Waals surface area contributed by atoms with Crippen LogP contribution < -0.4 is 21.7 Å². The molecule has 23 heavy (non-hydrogen) atoms. The molecule has 0 heterocycles. The van der Waals surface area contributed by atoms with Crippen LogP contribution in [-0.4, -0.2) is 36.9 Å². The number of rotatable bonds is 7. The molecule has 1 aromatic rings. The number of carbonyl (C=O) groups is 3. The van der Waals surface area contributed by atoms with Gasteiger partial charge in [0, 0.05) is 10.7 Å². The smallest absolute Gasteiger partial charge is 0.243 e. The first kappa shape index (κ1) is 18.9. The summed E-state index contributed by atoms with van der Waals surface area (Å²) in [4.78, 5) is 34.8. The molecule has 0 spiro atoms. The molecule has 0 unspecified atom stereocenters. The Bertz CT molecular complexity index is 560. The number of anilines is 1. The van der Waals surface area contributed by atoms with Crippen molar-refractivity contribution in [1.29, 1.82) is 0 Å². The predicted octanol–water partition coefficient (Wildman–Crippen LogP) is 0.494. The topological polar surface area (TPSA) is 113 Å². The second kappa shape index (κ2) is 9.12. The van der Waals surface area contributed by atoms with Gasteiger partial charge in [0.2, 0.25) is 17.7 Å². The number of hydrogen-bond donors (Lipinski definition) is 4. The Balaban J connectivity index is 2.28. The van der Waals surface area contributed by atoms with Gasteiger partial charge in [-0.1, -0.05) is 25.4 Å². The van der Waals surface area contributed by atoms with Crippen molar-refractivity contribution in [2.45, 2.75) is 19.9 Å². The minimum absolute atomic E-state index is 0.0248. The highest BCUT2D eigenvalue weighted by Crippen LogP contribution is 2.12. The molecule has 0 aromatic heterocycles. The van der Waals surface area contributed by atoms with Gasteiger partial charge < -0.3 is 21.7 Å². The van der Waals surface area contributed by atoms with Gasteiger partial charge in [0.1, 0.15) is 0 Å². The third-order valence-corrected chi connectivity index (χ3v) is 3.27. The van der Waals surface area contributed by atoms with E-state index in [0.717, 1.165) is 0 Å². The molecule has 1 atom stereocenters. The first-order valence-corrected chi connectivity index (χ1v) is 7.52. The molecule has 0 radical (unpaired) electrons. The fourth-order valence-corrected chi connectivity index (χ4v) is 1.69. The lowest BCUT2D eigenvalue weighted by molar-refractivity contribution is -0.127. The Labute approximate surface area is 139 Å². The van der Waals surface area contributed by atoms with Crippen LogP contribution in [0.25, 0.3) is 0 Å². The van der Waals surface area contributed by atoms with Crippen LogP contribution in [0.3, 0.4) is 0 Å².